The van der Waals surface area contributed by atoms with Crippen LogP contribution in [0.15, 0.2) is 66.9 Å². The van der Waals surface area contributed by atoms with E-state index in [1.54, 1.807) is 30.5 Å². The van der Waals surface area contributed by atoms with Crippen molar-refractivity contribution in [3.8, 4) is 11.4 Å². The van der Waals surface area contributed by atoms with E-state index in [9.17, 15) is 9.00 Å². The highest BCUT2D eigenvalue weighted by Crippen LogP contribution is 2.30. The number of nitrogens with zero attached hydrogens (tertiary/aromatic N) is 3. The number of aromatic nitrogens is 2. The van der Waals surface area contributed by atoms with Crippen LogP contribution in [0.4, 0.5) is 11.4 Å². The Morgan fingerprint density at radius 1 is 1.12 bits per heavy atom. The van der Waals surface area contributed by atoms with E-state index in [2.05, 4.69) is 15.3 Å². The van der Waals surface area contributed by atoms with E-state index in [1.807, 2.05) is 47.6 Å². The highest BCUT2D eigenvalue weighted by atomic mass is 35.5. The van der Waals surface area contributed by atoms with Crippen LogP contribution in [-0.2, 0) is 11.0 Å². The van der Waals surface area contributed by atoms with E-state index in [0.29, 0.717) is 33.4 Å². The summed E-state index contributed by atoms with van der Waals surface area (Å²) in [6.07, 6.45) is 2.67. The first-order valence-electron chi connectivity index (χ1n) is 10.6. The monoisotopic (exact) mass is 476 g/mol. The van der Waals surface area contributed by atoms with Gasteiger partial charge in [0.1, 0.15) is 11.0 Å². The number of amides is 1. The number of nitrogens with one attached hydrogen (secondary N) is 1. The minimum atomic E-state index is -0.992. The summed E-state index contributed by atoms with van der Waals surface area (Å²) in [6.45, 7) is 2.65. The maximum atomic E-state index is 13.0. The summed E-state index contributed by atoms with van der Waals surface area (Å²) in [5, 5.41) is 4.39. The van der Waals surface area contributed by atoms with Gasteiger partial charge in [-0.15, -0.1) is 0 Å². The first-order valence-corrected chi connectivity index (χ1v) is 12.2. The van der Waals surface area contributed by atoms with Gasteiger partial charge in [-0.2, -0.15) is 0 Å². The molecule has 8 heteroatoms. The van der Waals surface area contributed by atoms with Crippen molar-refractivity contribution in [2.24, 2.45) is 0 Å². The maximum absolute atomic E-state index is 13.0. The minimum Gasteiger partial charge on any atom is -0.322 e. The molecule has 0 spiro atoms. The predicted molar refractivity (Wildman–Crippen MR) is 134 cm³/mol. The highest BCUT2D eigenvalue weighted by molar-refractivity contribution is 7.86. The van der Waals surface area contributed by atoms with E-state index in [4.69, 9.17) is 11.6 Å². The van der Waals surface area contributed by atoms with Crippen molar-refractivity contribution in [2.45, 2.75) is 13.3 Å². The summed E-state index contributed by atoms with van der Waals surface area (Å²) in [5.74, 6) is 0.949. The van der Waals surface area contributed by atoms with E-state index in [0.717, 1.165) is 35.1 Å². The number of rotatable bonds is 4. The van der Waals surface area contributed by atoms with E-state index in [-0.39, 0.29) is 5.91 Å². The Kier molecular flexibility index (Phi) is 5.83. The molecule has 1 saturated heterocycles. The van der Waals surface area contributed by atoms with E-state index >= 15 is 0 Å². The molecule has 0 bridgehead atoms. The number of carbonyl (C=O) groups excluding carboxylic acids is 1. The minimum absolute atomic E-state index is 0.228. The van der Waals surface area contributed by atoms with Crippen molar-refractivity contribution < 1.29 is 9.00 Å². The molecule has 0 saturated carbocycles. The fraction of sp³-hybridized carbons (Fsp3) is 0.160. The van der Waals surface area contributed by atoms with E-state index in [1.165, 1.54) is 0 Å². The summed E-state index contributed by atoms with van der Waals surface area (Å²) in [4.78, 5) is 22.1. The Balaban J connectivity index is 1.40. The van der Waals surface area contributed by atoms with Crippen LogP contribution >= 0.6 is 11.6 Å². The third-order valence-electron chi connectivity index (χ3n) is 5.62. The van der Waals surface area contributed by atoms with E-state index < -0.39 is 11.0 Å². The fourth-order valence-corrected chi connectivity index (χ4v) is 5.40. The molecule has 1 unspecified atom stereocenters. The number of hydrogen-bond acceptors (Lipinski definition) is 4. The standard InChI is InChI=1S/C25H21ClN4O2S/c1-16-13-19(30-11-4-12-33(30)32)8-9-20(16)25(31)28-18-7-10-22(26)21(14-18)24-27-15-17-5-2-3-6-23(17)29-24/h2-3,5-10,13-15H,4,11-12H2,1H3,(H,28,31). The van der Waals surface area contributed by atoms with Crippen LogP contribution in [0.2, 0.25) is 5.02 Å². The zero-order chi connectivity index (χ0) is 22.9. The molecule has 4 aromatic rings. The Labute approximate surface area is 199 Å². The number of fused-ring (bicyclic) bond motifs is 1. The van der Waals surface area contributed by atoms with Crippen molar-refractivity contribution in [3.63, 3.8) is 0 Å². The molecule has 1 aliphatic rings. The van der Waals surface area contributed by atoms with Crippen LogP contribution in [0.25, 0.3) is 22.3 Å². The van der Waals surface area contributed by atoms with Crippen LogP contribution in [0.5, 0.6) is 0 Å². The zero-order valence-electron chi connectivity index (χ0n) is 17.9. The van der Waals surface area contributed by atoms with Gasteiger partial charge in [0.25, 0.3) is 5.91 Å². The lowest BCUT2D eigenvalue weighted by molar-refractivity contribution is 0.102. The molecular formula is C25H21ClN4O2S. The van der Waals surface area contributed by atoms with Gasteiger partial charge in [0.15, 0.2) is 5.82 Å². The van der Waals surface area contributed by atoms with Crippen LogP contribution in [0.3, 0.4) is 0 Å². The van der Waals surface area contributed by atoms with Gasteiger partial charge < -0.3 is 5.32 Å². The summed E-state index contributed by atoms with van der Waals surface area (Å²) >= 11 is 6.43. The SMILES string of the molecule is Cc1cc(N2CCCS2=O)ccc1C(=O)Nc1ccc(Cl)c(-c2ncc3ccccc3n2)c1. The van der Waals surface area contributed by atoms with Gasteiger partial charge in [0.05, 0.1) is 10.5 Å². The summed E-state index contributed by atoms with van der Waals surface area (Å²) in [6, 6.07) is 18.5. The molecule has 3 aromatic carbocycles. The Bertz CT molecular complexity index is 1410. The lowest BCUT2D eigenvalue weighted by atomic mass is 10.1. The molecule has 1 fully saturated rings. The number of carbonyl (C=O) groups is 1. The van der Waals surface area contributed by atoms with Gasteiger partial charge in [0.2, 0.25) is 0 Å². The second-order valence-electron chi connectivity index (χ2n) is 7.88. The number of para-hydroxylation sites is 1. The van der Waals surface area contributed by atoms with Gasteiger partial charge in [0, 0.05) is 46.4 Å². The van der Waals surface area contributed by atoms with Gasteiger partial charge >= 0.3 is 0 Å². The van der Waals surface area contributed by atoms with Crippen LogP contribution < -0.4 is 9.62 Å². The average Bonchev–Trinajstić information content (AvgIpc) is 3.25. The fourth-order valence-electron chi connectivity index (χ4n) is 3.92. The van der Waals surface area contributed by atoms with Crippen molar-refractivity contribution >= 4 is 50.8 Å². The maximum Gasteiger partial charge on any atom is 0.255 e. The number of benzene rings is 3. The summed E-state index contributed by atoms with van der Waals surface area (Å²) in [5.41, 5.74) is 4.32. The highest BCUT2D eigenvalue weighted by Gasteiger charge is 2.21. The van der Waals surface area contributed by atoms with Crippen LogP contribution in [0, 0.1) is 6.92 Å². The van der Waals surface area contributed by atoms with Gasteiger partial charge in [-0.3, -0.25) is 9.10 Å². The number of aryl methyl sites for hydroxylation is 1. The molecule has 33 heavy (non-hydrogen) atoms. The Morgan fingerprint density at radius 3 is 2.76 bits per heavy atom. The molecule has 1 aromatic heterocycles. The van der Waals surface area contributed by atoms with Crippen LogP contribution in [0.1, 0.15) is 22.3 Å². The number of anilines is 2. The Morgan fingerprint density at radius 2 is 1.97 bits per heavy atom. The van der Waals surface area contributed by atoms with Crippen LogP contribution in [-0.4, -0.2) is 32.4 Å². The predicted octanol–water partition coefficient (Wildman–Crippen LogP) is 5.38. The summed E-state index contributed by atoms with van der Waals surface area (Å²) < 4.78 is 14.0. The molecule has 0 aliphatic carbocycles. The molecule has 1 aliphatic heterocycles. The quantitative estimate of drug-likeness (QED) is 0.428. The molecule has 5 rings (SSSR count). The molecule has 166 valence electrons. The molecule has 1 atom stereocenters. The molecule has 2 heterocycles. The smallest absolute Gasteiger partial charge is 0.255 e. The third kappa shape index (κ3) is 4.34. The van der Waals surface area contributed by atoms with Gasteiger partial charge in [-0.1, -0.05) is 29.8 Å². The van der Waals surface area contributed by atoms with Crippen molar-refractivity contribution in [3.05, 3.63) is 83.0 Å². The topological polar surface area (TPSA) is 75.2 Å². The molecule has 1 amide bonds. The van der Waals surface area contributed by atoms with Gasteiger partial charge in [-0.25, -0.2) is 14.2 Å². The molecular weight excluding hydrogens is 456 g/mol. The summed E-state index contributed by atoms with van der Waals surface area (Å²) in [7, 11) is -0.992. The van der Waals surface area contributed by atoms with Crippen molar-refractivity contribution in [1.82, 2.24) is 9.97 Å². The second kappa shape index (κ2) is 8.92. The van der Waals surface area contributed by atoms with Crippen molar-refractivity contribution in [2.75, 3.05) is 21.9 Å². The molecule has 0 radical (unpaired) electrons. The number of hydrogen-bond donors (Lipinski definition) is 1. The van der Waals surface area contributed by atoms with Crippen molar-refractivity contribution in [1.29, 1.82) is 0 Å². The first kappa shape index (κ1) is 21.6. The zero-order valence-corrected chi connectivity index (χ0v) is 19.5. The molecule has 1 N–H and O–H groups in total. The first-order chi connectivity index (χ1) is 16.0. The third-order valence-corrected chi connectivity index (χ3v) is 7.48. The largest absolute Gasteiger partial charge is 0.322 e. The van der Waals surface area contributed by atoms with Gasteiger partial charge in [-0.05, 0) is 61.4 Å². The number of halogens is 1. The molecule has 6 nitrogen and oxygen atoms in total. The Hall–Kier alpha value is -3.29. The average molecular weight is 477 g/mol. The second-order valence-corrected chi connectivity index (χ2v) is 9.78. The normalized spacial score (nSPS) is 15.7. The lowest BCUT2D eigenvalue weighted by Crippen LogP contribution is -2.20. The lowest BCUT2D eigenvalue weighted by Gasteiger charge is -2.17.